The van der Waals surface area contributed by atoms with Gasteiger partial charge in [-0.15, -0.1) is 0 Å². The molecule has 0 bridgehead atoms. The van der Waals surface area contributed by atoms with Crippen LogP contribution in [0.25, 0.3) is 56.0 Å². The molecule has 1 fully saturated rings. The van der Waals surface area contributed by atoms with Crippen molar-refractivity contribution < 1.29 is 13.6 Å². The zero-order valence-corrected chi connectivity index (χ0v) is 24.7. The highest BCUT2D eigenvalue weighted by molar-refractivity contribution is 5.97. The summed E-state index contributed by atoms with van der Waals surface area (Å²) in [5.74, 6) is -0.709. The summed E-state index contributed by atoms with van der Waals surface area (Å²) in [4.78, 5) is 35.3. The van der Waals surface area contributed by atoms with Gasteiger partial charge < -0.3 is 20.5 Å². The Hall–Kier alpha value is -5.30. The van der Waals surface area contributed by atoms with Gasteiger partial charge in [0.25, 0.3) is 0 Å². The molecule has 5 heterocycles. The Morgan fingerprint density at radius 3 is 2.64 bits per heavy atom. The largest absolute Gasteiger partial charge is 0.384 e. The number of nitrogens with zero attached hydrogens (tertiary/aromatic N) is 6. The molecule has 13 heteroatoms. The summed E-state index contributed by atoms with van der Waals surface area (Å²) >= 11 is 0. The standard InChI is InChI=1S/C32H30F2N10O/c1-44(2)9-8-36-21-11-18(10-20(33)13-21)23-6-7-37-30-27(23)40-31(41-30)28-25-26(34)24(16-38-29(25)43-42-28)19-12-22(15-35-14-19)39-32(45)17-4-3-5-17/h6-7,10-17,36H,3-5,8-9H2,1-2H3,(H,39,45)(H,37,40,41)(H,38,42,43). The number of imidazole rings is 1. The van der Waals surface area contributed by atoms with Gasteiger partial charge in [0.1, 0.15) is 17.3 Å². The van der Waals surface area contributed by atoms with E-state index in [4.69, 9.17) is 0 Å². The summed E-state index contributed by atoms with van der Waals surface area (Å²) in [5.41, 5.74) is 4.49. The average molecular weight is 609 g/mol. The van der Waals surface area contributed by atoms with Crippen molar-refractivity contribution in [3.8, 4) is 33.8 Å². The van der Waals surface area contributed by atoms with Crippen molar-refractivity contribution >= 4 is 39.5 Å². The minimum absolute atomic E-state index is 0.00317. The van der Waals surface area contributed by atoms with Crippen LogP contribution < -0.4 is 10.6 Å². The molecule has 0 aliphatic heterocycles. The molecule has 0 atom stereocenters. The minimum atomic E-state index is -0.569. The number of hydrogen-bond acceptors (Lipinski definition) is 8. The number of anilines is 2. The van der Waals surface area contributed by atoms with Gasteiger partial charge in [0.05, 0.1) is 22.8 Å². The van der Waals surface area contributed by atoms with Gasteiger partial charge in [-0.3, -0.25) is 14.9 Å². The molecule has 5 aromatic heterocycles. The molecule has 1 amide bonds. The number of hydrogen-bond donors (Lipinski definition) is 4. The van der Waals surface area contributed by atoms with Gasteiger partial charge in [-0.25, -0.2) is 23.7 Å². The van der Waals surface area contributed by atoms with Crippen molar-refractivity contribution in [3.05, 3.63) is 66.8 Å². The van der Waals surface area contributed by atoms with Crippen LogP contribution >= 0.6 is 0 Å². The van der Waals surface area contributed by atoms with Crippen LogP contribution in [-0.4, -0.2) is 73.1 Å². The smallest absolute Gasteiger partial charge is 0.227 e. The topological polar surface area (TPSA) is 140 Å². The van der Waals surface area contributed by atoms with E-state index in [1.165, 1.54) is 30.7 Å². The van der Waals surface area contributed by atoms with Crippen molar-refractivity contribution in [2.24, 2.45) is 5.92 Å². The monoisotopic (exact) mass is 608 g/mol. The molecule has 6 aromatic rings. The number of likely N-dealkylation sites (N-methyl/N-ethyl adjacent to an activating group) is 1. The maximum atomic E-state index is 16.2. The number of nitrogens with one attached hydrogen (secondary N) is 4. The zero-order valence-electron chi connectivity index (χ0n) is 24.7. The third-order valence-electron chi connectivity index (χ3n) is 8.04. The first kappa shape index (κ1) is 28.5. The highest BCUT2D eigenvalue weighted by atomic mass is 19.1. The van der Waals surface area contributed by atoms with E-state index in [1.807, 2.05) is 25.1 Å². The fourth-order valence-corrected chi connectivity index (χ4v) is 5.43. The number of fused-ring (bicyclic) bond motifs is 2. The van der Waals surface area contributed by atoms with E-state index in [2.05, 4.69) is 45.8 Å². The number of halogens is 2. The molecule has 1 saturated carbocycles. The van der Waals surface area contributed by atoms with Crippen LogP contribution in [0.2, 0.25) is 0 Å². The van der Waals surface area contributed by atoms with E-state index < -0.39 is 5.82 Å². The maximum Gasteiger partial charge on any atom is 0.227 e. The predicted octanol–water partition coefficient (Wildman–Crippen LogP) is 5.62. The van der Waals surface area contributed by atoms with Crippen molar-refractivity contribution in [2.75, 3.05) is 37.8 Å². The Kier molecular flexibility index (Phi) is 7.37. The molecule has 0 unspecified atom stereocenters. The number of pyridine rings is 3. The fraction of sp³-hybridized carbons (Fsp3) is 0.250. The molecule has 0 saturated heterocycles. The van der Waals surface area contributed by atoms with E-state index in [0.29, 0.717) is 51.6 Å². The zero-order chi connectivity index (χ0) is 31.1. The number of carbonyl (C=O) groups is 1. The number of rotatable bonds is 9. The van der Waals surface area contributed by atoms with E-state index >= 15 is 4.39 Å². The molecule has 228 valence electrons. The van der Waals surface area contributed by atoms with Crippen molar-refractivity contribution in [2.45, 2.75) is 19.3 Å². The summed E-state index contributed by atoms with van der Waals surface area (Å²) in [7, 11) is 3.95. The lowest BCUT2D eigenvalue weighted by atomic mass is 9.85. The van der Waals surface area contributed by atoms with E-state index in [-0.39, 0.29) is 39.9 Å². The van der Waals surface area contributed by atoms with Crippen LogP contribution in [0, 0.1) is 17.6 Å². The van der Waals surface area contributed by atoms with E-state index in [0.717, 1.165) is 25.8 Å². The lowest BCUT2D eigenvalue weighted by molar-refractivity contribution is -0.122. The Morgan fingerprint density at radius 1 is 1.00 bits per heavy atom. The lowest BCUT2D eigenvalue weighted by Crippen LogP contribution is -2.28. The van der Waals surface area contributed by atoms with Gasteiger partial charge in [-0.05, 0) is 62.8 Å². The van der Waals surface area contributed by atoms with Crippen LogP contribution in [0.4, 0.5) is 20.2 Å². The molecule has 1 aromatic carbocycles. The molecule has 1 aliphatic carbocycles. The molecule has 11 nitrogen and oxygen atoms in total. The van der Waals surface area contributed by atoms with E-state index in [1.54, 1.807) is 18.3 Å². The second kappa shape index (κ2) is 11.7. The quantitative estimate of drug-likeness (QED) is 0.166. The summed E-state index contributed by atoms with van der Waals surface area (Å²) in [6, 6.07) is 8.22. The lowest BCUT2D eigenvalue weighted by Gasteiger charge is -2.24. The molecule has 4 N–H and O–H groups in total. The first-order valence-electron chi connectivity index (χ1n) is 14.7. The predicted molar refractivity (Wildman–Crippen MR) is 168 cm³/mol. The van der Waals surface area contributed by atoms with Crippen LogP contribution in [0.1, 0.15) is 19.3 Å². The molecule has 1 aliphatic rings. The minimum Gasteiger partial charge on any atom is -0.384 e. The van der Waals surface area contributed by atoms with Crippen LogP contribution in [0.5, 0.6) is 0 Å². The number of amides is 1. The van der Waals surface area contributed by atoms with Gasteiger partial charge in [0.2, 0.25) is 5.91 Å². The number of aromatic nitrogens is 7. The van der Waals surface area contributed by atoms with Gasteiger partial charge >= 0.3 is 0 Å². The first-order chi connectivity index (χ1) is 21.8. The Bertz CT molecular complexity index is 2050. The van der Waals surface area contributed by atoms with E-state index in [9.17, 15) is 9.18 Å². The van der Waals surface area contributed by atoms with Crippen LogP contribution in [0.15, 0.2) is 55.1 Å². The number of benzene rings is 1. The second-order valence-electron chi connectivity index (χ2n) is 11.5. The molecular weight excluding hydrogens is 578 g/mol. The highest BCUT2D eigenvalue weighted by Gasteiger charge is 2.26. The Morgan fingerprint density at radius 2 is 1.84 bits per heavy atom. The fourth-order valence-electron chi connectivity index (χ4n) is 5.43. The summed E-state index contributed by atoms with van der Waals surface area (Å²) in [6.45, 7) is 1.44. The van der Waals surface area contributed by atoms with Gasteiger partial charge in [-0.1, -0.05) is 6.42 Å². The van der Waals surface area contributed by atoms with Crippen molar-refractivity contribution in [1.82, 2.24) is 40.0 Å². The number of carbonyl (C=O) groups excluding carboxylic acids is 1. The molecular formula is C32H30F2N10O. The highest BCUT2D eigenvalue weighted by Crippen LogP contribution is 2.35. The second-order valence-corrected chi connectivity index (χ2v) is 11.5. The third kappa shape index (κ3) is 5.57. The SMILES string of the molecule is CN(C)CCNc1cc(F)cc(-c2ccnc3nc(-c4[nH]nc5ncc(-c6cncc(NC(=O)C7CCC7)c6)c(F)c45)[nH]c23)c1. The van der Waals surface area contributed by atoms with Gasteiger partial charge in [0, 0.05) is 60.0 Å². The van der Waals surface area contributed by atoms with Crippen molar-refractivity contribution in [1.29, 1.82) is 0 Å². The van der Waals surface area contributed by atoms with Crippen LogP contribution in [-0.2, 0) is 4.79 Å². The number of H-pyrrole nitrogens is 2. The maximum absolute atomic E-state index is 16.2. The van der Waals surface area contributed by atoms with Gasteiger partial charge in [-0.2, -0.15) is 5.10 Å². The molecule has 7 rings (SSSR count). The first-order valence-corrected chi connectivity index (χ1v) is 14.7. The summed E-state index contributed by atoms with van der Waals surface area (Å²) in [6.07, 6.45) is 8.83. The Labute approximate surface area is 256 Å². The van der Waals surface area contributed by atoms with Crippen LogP contribution in [0.3, 0.4) is 0 Å². The Balaban J connectivity index is 1.24. The number of aromatic amines is 2. The summed E-state index contributed by atoms with van der Waals surface area (Å²) < 4.78 is 30.9. The molecule has 0 radical (unpaired) electrons. The average Bonchev–Trinajstić information content (AvgIpc) is 3.61. The summed E-state index contributed by atoms with van der Waals surface area (Å²) in [5, 5.41) is 13.3. The van der Waals surface area contributed by atoms with Gasteiger partial charge in [0.15, 0.2) is 17.1 Å². The molecule has 0 spiro atoms. The molecule has 45 heavy (non-hydrogen) atoms. The third-order valence-corrected chi connectivity index (χ3v) is 8.04. The normalized spacial score (nSPS) is 13.4. The van der Waals surface area contributed by atoms with Crippen molar-refractivity contribution in [3.63, 3.8) is 0 Å².